The van der Waals surface area contributed by atoms with E-state index in [2.05, 4.69) is 12.2 Å². The predicted molar refractivity (Wildman–Crippen MR) is 76.3 cm³/mol. The maximum Gasteiger partial charge on any atom is 0.334 e. The lowest BCUT2D eigenvalue weighted by atomic mass is 9.90. The highest BCUT2D eigenvalue weighted by molar-refractivity contribution is 7.14. The SMILES string of the molecule is COC(CNC(=O)c1cc2c(s1)CCC(C)C2)C(=O)O. The van der Waals surface area contributed by atoms with Crippen LogP contribution in [0, 0.1) is 5.92 Å². The monoisotopic (exact) mass is 297 g/mol. The van der Waals surface area contributed by atoms with Gasteiger partial charge in [0.25, 0.3) is 5.91 Å². The Kier molecular flexibility index (Phi) is 4.77. The van der Waals surface area contributed by atoms with Crippen molar-refractivity contribution in [3.05, 3.63) is 21.4 Å². The van der Waals surface area contributed by atoms with Crippen LogP contribution in [0.3, 0.4) is 0 Å². The third-order valence-corrected chi connectivity index (χ3v) is 4.80. The molecule has 20 heavy (non-hydrogen) atoms. The highest BCUT2D eigenvalue weighted by Gasteiger charge is 2.22. The number of hydrogen-bond donors (Lipinski definition) is 2. The van der Waals surface area contributed by atoms with Crippen LogP contribution in [-0.2, 0) is 22.4 Å². The first kappa shape index (κ1) is 15.0. The summed E-state index contributed by atoms with van der Waals surface area (Å²) >= 11 is 1.51. The van der Waals surface area contributed by atoms with Crippen LogP contribution >= 0.6 is 11.3 Å². The quantitative estimate of drug-likeness (QED) is 0.867. The average Bonchev–Trinajstić information content (AvgIpc) is 2.81. The molecule has 2 unspecified atom stereocenters. The van der Waals surface area contributed by atoms with Gasteiger partial charge in [-0.05, 0) is 36.8 Å². The number of amides is 1. The molecule has 5 nitrogen and oxygen atoms in total. The maximum atomic E-state index is 12.0. The molecule has 0 spiro atoms. The van der Waals surface area contributed by atoms with Gasteiger partial charge in [-0.1, -0.05) is 6.92 Å². The first-order valence-corrected chi connectivity index (χ1v) is 7.48. The van der Waals surface area contributed by atoms with Gasteiger partial charge in [-0.25, -0.2) is 4.79 Å². The number of carboxylic acid groups (broad SMARTS) is 1. The Morgan fingerprint density at radius 2 is 2.35 bits per heavy atom. The van der Waals surface area contributed by atoms with E-state index in [-0.39, 0.29) is 12.5 Å². The van der Waals surface area contributed by atoms with Crippen LogP contribution in [0.1, 0.15) is 33.5 Å². The molecule has 0 bridgehead atoms. The second-order valence-electron chi connectivity index (χ2n) is 5.18. The first-order valence-electron chi connectivity index (χ1n) is 6.66. The fourth-order valence-corrected chi connectivity index (χ4v) is 3.49. The van der Waals surface area contributed by atoms with Gasteiger partial charge in [0.05, 0.1) is 11.4 Å². The van der Waals surface area contributed by atoms with Gasteiger partial charge in [-0.2, -0.15) is 0 Å². The summed E-state index contributed by atoms with van der Waals surface area (Å²) in [5.74, 6) is -0.634. The Labute approximate surface area is 121 Å². The van der Waals surface area contributed by atoms with Crippen LogP contribution in [0.15, 0.2) is 6.07 Å². The number of methoxy groups -OCH3 is 1. The molecule has 6 heteroatoms. The lowest BCUT2D eigenvalue weighted by Gasteiger charge is -2.16. The summed E-state index contributed by atoms with van der Waals surface area (Å²) in [5.41, 5.74) is 1.26. The van der Waals surface area contributed by atoms with Crippen molar-refractivity contribution in [3.63, 3.8) is 0 Å². The number of nitrogens with one attached hydrogen (secondary N) is 1. The average molecular weight is 297 g/mol. The van der Waals surface area contributed by atoms with Gasteiger partial charge in [-0.3, -0.25) is 4.79 Å². The molecule has 2 N–H and O–H groups in total. The molecule has 1 heterocycles. The molecule has 1 aromatic heterocycles. The number of hydrogen-bond acceptors (Lipinski definition) is 4. The van der Waals surface area contributed by atoms with Crippen molar-refractivity contribution < 1.29 is 19.4 Å². The van der Waals surface area contributed by atoms with Gasteiger partial charge < -0.3 is 15.2 Å². The van der Waals surface area contributed by atoms with Crippen LogP contribution in [0.2, 0.25) is 0 Å². The third-order valence-electron chi connectivity index (χ3n) is 3.56. The minimum Gasteiger partial charge on any atom is -0.479 e. The largest absolute Gasteiger partial charge is 0.479 e. The topological polar surface area (TPSA) is 75.6 Å². The molecule has 1 aliphatic rings. The number of thiophene rings is 1. The van der Waals surface area contributed by atoms with Crippen LogP contribution in [0.5, 0.6) is 0 Å². The lowest BCUT2D eigenvalue weighted by molar-refractivity contribution is -0.147. The van der Waals surface area contributed by atoms with Crippen molar-refractivity contribution in [1.82, 2.24) is 5.32 Å². The zero-order valence-electron chi connectivity index (χ0n) is 11.6. The van der Waals surface area contributed by atoms with Crippen LogP contribution < -0.4 is 5.32 Å². The number of carbonyl (C=O) groups is 2. The van der Waals surface area contributed by atoms with Crippen molar-refractivity contribution >= 4 is 23.2 Å². The highest BCUT2D eigenvalue weighted by Crippen LogP contribution is 2.32. The molecule has 0 saturated heterocycles. The molecular formula is C14H19NO4S. The second-order valence-corrected chi connectivity index (χ2v) is 6.32. The fraction of sp³-hybridized carbons (Fsp3) is 0.571. The van der Waals surface area contributed by atoms with Crippen LogP contribution in [0.4, 0.5) is 0 Å². The van der Waals surface area contributed by atoms with Gasteiger partial charge in [0, 0.05) is 12.0 Å². The van der Waals surface area contributed by atoms with E-state index in [1.54, 1.807) is 0 Å². The number of aryl methyl sites for hydroxylation is 1. The standard InChI is InChI=1S/C14H19NO4S/c1-8-3-4-11-9(5-8)6-12(20-11)13(16)15-7-10(19-2)14(17)18/h6,8,10H,3-5,7H2,1-2H3,(H,15,16)(H,17,18). The predicted octanol–water partition coefficient (Wildman–Crippen LogP) is 1.70. The molecule has 1 aromatic rings. The summed E-state index contributed by atoms with van der Waals surface area (Å²) in [6.07, 6.45) is 2.21. The highest BCUT2D eigenvalue weighted by atomic mass is 32.1. The first-order chi connectivity index (χ1) is 9.51. The van der Waals surface area contributed by atoms with Gasteiger partial charge in [0.15, 0.2) is 6.10 Å². The number of ether oxygens (including phenoxy) is 1. The number of carbonyl (C=O) groups excluding carboxylic acids is 1. The molecule has 1 aliphatic carbocycles. The normalized spacial score (nSPS) is 19.2. The molecule has 0 saturated carbocycles. The maximum absolute atomic E-state index is 12.0. The van der Waals surface area contributed by atoms with Gasteiger partial charge in [0.1, 0.15) is 0 Å². The third kappa shape index (κ3) is 3.37. The summed E-state index contributed by atoms with van der Waals surface area (Å²) in [7, 11) is 1.32. The molecular weight excluding hydrogens is 278 g/mol. The van der Waals surface area contributed by atoms with E-state index in [0.29, 0.717) is 10.8 Å². The van der Waals surface area contributed by atoms with E-state index in [0.717, 1.165) is 12.8 Å². The molecule has 0 radical (unpaired) electrons. The molecule has 0 aromatic carbocycles. The molecule has 1 amide bonds. The lowest BCUT2D eigenvalue weighted by Crippen LogP contribution is -2.37. The summed E-state index contributed by atoms with van der Waals surface area (Å²) in [6, 6.07) is 1.94. The summed E-state index contributed by atoms with van der Waals surface area (Å²) in [6.45, 7) is 2.19. The summed E-state index contributed by atoms with van der Waals surface area (Å²) in [4.78, 5) is 24.8. The van der Waals surface area contributed by atoms with Crippen molar-refractivity contribution in [2.75, 3.05) is 13.7 Å². The Hall–Kier alpha value is -1.40. The van der Waals surface area contributed by atoms with E-state index in [1.807, 2.05) is 6.07 Å². The number of fused-ring (bicyclic) bond motifs is 1. The van der Waals surface area contributed by atoms with Crippen molar-refractivity contribution in [1.29, 1.82) is 0 Å². The molecule has 2 atom stereocenters. The number of rotatable bonds is 5. The number of aliphatic carboxylic acids is 1. The van der Waals surface area contributed by atoms with E-state index in [4.69, 9.17) is 9.84 Å². The summed E-state index contributed by atoms with van der Waals surface area (Å²) in [5, 5.41) is 11.5. The minimum absolute atomic E-state index is 0.0242. The fourth-order valence-electron chi connectivity index (χ4n) is 2.36. The van der Waals surface area contributed by atoms with E-state index < -0.39 is 12.1 Å². The van der Waals surface area contributed by atoms with Gasteiger partial charge >= 0.3 is 5.97 Å². The van der Waals surface area contributed by atoms with E-state index in [9.17, 15) is 9.59 Å². The van der Waals surface area contributed by atoms with Crippen molar-refractivity contribution in [3.8, 4) is 0 Å². The zero-order valence-corrected chi connectivity index (χ0v) is 12.5. The van der Waals surface area contributed by atoms with Crippen molar-refractivity contribution in [2.24, 2.45) is 5.92 Å². The van der Waals surface area contributed by atoms with E-state index >= 15 is 0 Å². The molecule has 110 valence electrons. The van der Waals surface area contributed by atoms with E-state index in [1.165, 1.54) is 35.3 Å². The Morgan fingerprint density at radius 3 is 3.00 bits per heavy atom. The van der Waals surface area contributed by atoms with Gasteiger partial charge in [-0.15, -0.1) is 11.3 Å². The van der Waals surface area contributed by atoms with Crippen molar-refractivity contribution in [2.45, 2.75) is 32.3 Å². The van der Waals surface area contributed by atoms with Gasteiger partial charge in [0.2, 0.25) is 0 Å². The smallest absolute Gasteiger partial charge is 0.334 e. The van der Waals surface area contributed by atoms with Crippen LogP contribution in [0.25, 0.3) is 0 Å². The molecule has 0 fully saturated rings. The van der Waals surface area contributed by atoms with Crippen LogP contribution in [-0.4, -0.2) is 36.7 Å². The Bertz CT molecular complexity index is 511. The minimum atomic E-state index is -1.08. The second kappa shape index (κ2) is 6.37. The Balaban J connectivity index is 1.98. The Morgan fingerprint density at radius 1 is 1.60 bits per heavy atom. The zero-order chi connectivity index (χ0) is 14.7. The number of carboxylic acids is 1. The molecule has 0 aliphatic heterocycles. The molecule has 2 rings (SSSR count). The summed E-state index contributed by atoms with van der Waals surface area (Å²) < 4.78 is 4.78.